The first kappa shape index (κ1) is 28.0. The molecule has 40 heavy (non-hydrogen) atoms. The van der Waals surface area contributed by atoms with Gasteiger partial charge in [0.05, 0.1) is 23.2 Å². The van der Waals surface area contributed by atoms with E-state index in [2.05, 4.69) is 38.0 Å². The van der Waals surface area contributed by atoms with Crippen molar-refractivity contribution in [2.75, 3.05) is 38.6 Å². The molecule has 9 heteroatoms. The fraction of sp³-hybridized carbons (Fsp3) is 0.484. The molecule has 2 fully saturated rings. The summed E-state index contributed by atoms with van der Waals surface area (Å²) in [6.45, 7) is 9.69. The molecule has 2 atom stereocenters. The summed E-state index contributed by atoms with van der Waals surface area (Å²) in [5, 5.41) is 3.10. The van der Waals surface area contributed by atoms with Gasteiger partial charge in [-0.25, -0.2) is 4.98 Å². The summed E-state index contributed by atoms with van der Waals surface area (Å²) in [4.78, 5) is 39.9. The zero-order valence-electron chi connectivity index (χ0n) is 24.0. The minimum atomic E-state index is -0.219. The molecule has 4 heterocycles. The minimum absolute atomic E-state index is 0.00943. The third-order valence-corrected chi connectivity index (χ3v) is 7.92. The molecular formula is C31H40N6O3. The van der Waals surface area contributed by atoms with Crippen LogP contribution in [-0.4, -0.2) is 75.5 Å². The minimum Gasteiger partial charge on any atom is -0.380 e. The van der Waals surface area contributed by atoms with Crippen molar-refractivity contribution >= 4 is 28.8 Å². The maximum Gasteiger partial charge on any atom is 0.258 e. The molecule has 1 N–H and O–H groups in total. The summed E-state index contributed by atoms with van der Waals surface area (Å²) in [5.74, 6) is 0.313. The number of imidazole rings is 1. The van der Waals surface area contributed by atoms with Crippen molar-refractivity contribution in [3.8, 4) is 0 Å². The Morgan fingerprint density at radius 1 is 1.05 bits per heavy atom. The third kappa shape index (κ3) is 6.26. The molecule has 0 radical (unpaired) electrons. The highest BCUT2D eigenvalue weighted by atomic mass is 16.5. The molecule has 1 aromatic carbocycles. The van der Waals surface area contributed by atoms with Crippen molar-refractivity contribution in [1.82, 2.24) is 24.3 Å². The Kier molecular flexibility index (Phi) is 8.61. The molecule has 9 nitrogen and oxygen atoms in total. The molecule has 2 aliphatic rings. The Morgan fingerprint density at radius 3 is 2.58 bits per heavy atom. The molecular weight excluding hydrogens is 504 g/mol. The van der Waals surface area contributed by atoms with Crippen LogP contribution in [0, 0.1) is 13.8 Å². The van der Waals surface area contributed by atoms with Gasteiger partial charge in [0.2, 0.25) is 11.9 Å². The number of carbonyl (C=O) groups is 2. The summed E-state index contributed by atoms with van der Waals surface area (Å²) in [6.07, 6.45) is 7.59. The van der Waals surface area contributed by atoms with Crippen LogP contribution in [0.1, 0.15) is 66.0 Å². The second-order valence-electron chi connectivity index (χ2n) is 11.0. The van der Waals surface area contributed by atoms with E-state index in [1.54, 1.807) is 31.4 Å². The van der Waals surface area contributed by atoms with E-state index in [0.717, 1.165) is 74.3 Å². The second kappa shape index (κ2) is 12.3. The average Bonchev–Trinajstić information content (AvgIpc) is 3.43. The SMILES string of the molecule is C/C=C/C(=O)N1CCCC[C@@H](n2c(NC(=O)c3cc(C)nc(C)c3)nc3cc(CN4CC[C@H](OC)C4)ccc32)C1. The predicted octanol–water partition coefficient (Wildman–Crippen LogP) is 4.65. The van der Waals surface area contributed by atoms with Crippen molar-refractivity contribution in [2.24, 2.45) is 0 Å². The van der Waals surface area contributed by atoms with Crippen LogP contribution in [0.25, 0.3) is 11.0 Å². The number of amides is 2. The van der Waals surface area contributed by atoms with E-state index in [1.807, 2.05) is 25.7 Å². The van der Waals surface area contributed by atoms with Gasteiger partial charge in [-0.3, -0.25) is 24.8 Å². The fourth-order valence-electron chi connectivity index (χ4n) is 6.01. The number of methoxy groups -OCH3 is 1. The molecule has 0 saturated carbocycles. The number of hydrogen-bond donors (Lipinski definition) is 1. The van der Waals surface area contributed by atoms with Crippen molar-refractivity contribution in [3.63, 3.8) is 0 Å². The van der Waals surface area contributed by atoms with Crippen LogP contribution in [0.15, 0.2) is 42.5 Å². The van der Waals surface area contributed by atoms with Gasteiger partial charge in [0.25, 0.3) is 5.91 Å². The number of aromatic nitrogens is 3. The monoisotopic (exact) mass is 544 g/mol. The van der Waals surface area contributed by atoms with Crippen LogP contribution in [0.3, 0.4) is 0 Å². The molecule has 5 rings (SSSR count). The smallest absolute Gasteiger partial charge is 0.258 e. The number of benzene rings is 1. The lowest BCUT2D eigenvalue weighted by Gasteiger charge is -2.26. The number of nitrogens with one attached hydrogen (secondary N) is 1. The number of pyridine rings is 1. The molecule has 2 amide bonds. The first-order valence-corrected chi connectivity index (χ1v) is 14.3. The molecule has 2 saturated heterocycles. The Bertz CT molecular complexity index is 1390. The number of fused-ring (bicyclic) bond motifs is 1. The topological polar surface area (TPSA) is 92.6 Å². The zero-order chi connectivity index (χ0) is 28.2. The third-order valence-electron chi connectivity index (χ3n) is 7.92. The molecule has 212 valence electrons. The largest absolute Gasteiger partial charge is 0.380 e. The van der Waals surface area contributed by atoms with Gasteiger partial charge in [0.15, 0.2) is 0 Å². The lowest BCUT2D eigenvalue weighted by Crippen LogP contribution is -2.34. The Labute approximate surface area is 236 Å². The van der Waals surface area contributed by atoms with Crippen molar-refractivity contribution in [1.29, 1.82) is 0 Å². The standard InChI is InChI=1S/C31H40N6O3/c1-5-8-29(38)36-13-7-6-9-25(19-36)37-28-11-10-23(18-35-14-12-26(20-35)40-4)17-27(28)33-31(37)34-30(39)24-15-21(2)32-22(3)16-24/h5,8,10-11,15-17,25-26H,6-7,9,12-14,18-20H2,1-4H3,(H,33,34,39)/b8-5+/t25-,26+/m1/s1. The van der Waals surface area contributed by atoms with Crippen LogP contribution in [0.5, 0.6) is 0 Å². The molecule has 0 unspecified atom stereocenters. The zero-order valence-corrected chi connectivity index (χ0v) is 24.0. The van der Waals surface area contributed by atoms with Crippen molar-refractivity contribution in [2.45, 2.75) is 65.1 Å². The van der Waals surface area contributed by atoms with Gasteiger partial charge in [0, 0.05) is 56.8 Å². The molecule has 0 spiro atoms. The molecule has 0 bridgehead atoms. The number of allylic oxidation sites excluding steroid dienone is 1. The molecule has 2 aromatic heterocycles. The Balaban J connectivity index is 1.50. The lowest BCUT2D eigenvalue weighted by atomic mass is 10.1. The Morgan fingerprint density at radius 2 is 1.85 bits per heavy atom. The summed E-state index contributed by atoms with van der Waals surface area (Å²) in [5.41, 5.74) is 5.12. The van der Waals surface area contributed by atoms with Crippen molar-refractivity contribution in [3.05, 3.63) is 65.0 Å². The number of hydrogen-bond acceptors (Lipinski definition) is 6. The molecule has 2 aliphatic heterocycles. The van der Waals surface area contributed by atoms with Crippen LogP contribution in [0.2, 0.25) is 0 Å². The van der Waals surface area contributed by atoms with Gasteiger partial charge < -0.3 is 14.2 Å². The van der Waals surface area contributed by atoms with Gasteiger partial charge in [-0.2, -0.15) is 0 Å². The first-order valence-electron chi connectivity index (χ1n) is 14.3. The number of aryl methyl sites for hydroxylation is 2. The quantitative estimate of drug-likeness (QED) is 0.436. The van der Waals surface area contributed by atoms with E-state index in [-0.39, 0.29) is 24.0 Å². The van der Waals surface area contributed by atoms with Gasteiger partial charge in [-0.1, -0.05) is 12.1 Å². The number of nitrogens with zero attached hydrogens (tertiary/aromatic N) is 5. The highest BCUT2D eigenvalue weighted by molar-refractivity contribution is 6.04. The highest BCUT2D eigenvalue weighted by Crippen LogP contribution is 2.31. The highest BCUT2D eigenvalue weighted by Gasteiger charge is 2.27. The first-order chi connectivity index (χ1) is 19.3. The van der Waals surface area contributed by atoms with Gasteiger partial charge in [0.1, 0.15) is 0 Å². The fourth-order valence-corrected chi connectivity index (χ4v) is 6.01. The summed E-state index contributed by atoms with van der Waals surface area (Å²) in [7, 11) is 1.78. The summed E-state index contributed by atoms with van der Waals surface area (Å²) in [6, 6.07) is 9.97. The second-order valence-corrected chi connectivity index (χ2v) is 11.0. The summed E-state index contributed by atoms with van der Waals surface area (Å²) >= 11 is 0. The van der Waals surface area contributed by atoms with E-state index >= 15 is 0 Å². The Hall–Kier alpha value is -3.56. The van der Waals surface area contributed by atoms with Gasteiger partial charge >= 0.3 is 0 Å². The number of ether oxygens (including phenoxy) is 1. The van der Waals surface area contributed by atoms with Gasteiger partial charge in [-0.15, -0.1) is 0 Å². The van der Waals surface area contributed by atoms with Crippen molar-refractivity contribution < 1.29 is 14.3 Å². The van der Waals surface area contributed by atoms with E-state index in [9.17, 15) is 9.59 Å². The number of carbonyl (C=O) groups excluding carboxylic acids is 2. The summed E-state index contributed by atoms with van der Waals surface area (Å²) < 4.78 is 7.68. The maximum atomic E-state index is 13.4. The maximum absolute atomic E-state index is 13.4. The number of likely N-dealkylation sites (tertiary alicyclic amines) is 2. The van der Waals surface area contributed by atoms with Crippen LogP contribution in [0.4, 0.5) is 5.95 Å². The van der Waals surface area contributed by atoms with Crippen LogP contribution in [-0.2, 0) is 16.1 Å². The van der Waals surface area contributed by atoms with E-state index in [1.165, 1.54) is 5.56 Å². The molecule has 3 aromatic rings. The van der Waals surface area contributed by atoms with Gasteiger partial charge in [-0.05, 0) is 82.4 Å². The van der Waals surface area contributed by atoms with Crippen LogP contribution < -0.4 is 5.32 Å². The lowest BCUT2D eigenvalue weighted by molar-refractivity contribution is -0.126. The van der Waals surface area contributed by atoms with E-state index in [0.29, 0.717) is 18.1 Å². The van der Waals surface area contributed by atoms with E-state index in [4.69, 9.17) is 9.72 Å². The van der Waals surface area contributed by atoms with Crippen LogP contribution >= 0.6 is 0 Å². The predicted molar refractivity (Wildman–Crippen MR) is 156 cm³/mol. The normalized spacial score (nSPS) is 20.4. The number of anilines is 1. The molecule has 0 aliphatic carbocycles. The number of rotatable bonds is 7. The van der Waals surface area contributed by atoms with E-state index < -0.39 is 0 Å². The average molecular weight is 545 g/mol.